The molecule has 0 saturated carbocycles. The molecule has 4 heterocycles. The molecule has 32 heavy (non-hydrogen) atoms. The summed E-state index contributed by atoms with van der Waals surface area (Å²) in [5.74, 6) is 1.73. The van der Waals surface area contributed by atoms with Crippen LogP contribution < -0.4 is 0 Å². The van der Waals surface area contributed by atoms with Crippen LogP contribution in [0.1, 0.15) is 17.6 Å². The molecule has 0 aliphatic carbocycles. The highest BCUT2D eigenvalue weighted by Gasteiger charge is 2.17. The number of hydrogen-bond acceptors (Lipinski definition) is 7. The van der Waals surface area contributed by atoms with E-state index in [9.17, 15) is 0 Å². The van der Waals surface area contributed by atoms with E-state index in [0.29, 0.717) is 29.4 Å². The van der Waals surface area contributed by atoms with E-state index in [0.717, 1.165) is 21.0 Å². The summed E-state index contributed by atoms with van der Waals surface area (Å²) in [6.45, 7) is 2.68. The Morgan fingerprint density at radius 1 is 0.875 bits per heavy atom. The zero-order valence-corrected chi connectivity index (χ0v) is 17.6. The second-order valence-electron chi connectivity index (χ2n) is 6.60. The molecule has 0 bridgehead atoms. The molecule has 8 heteroatoms. The van der Waals surface area contributed by atoms with E-state index in [4.69, 9.17) is 29.9 Å². The molecule has 152 valence electrons. The van der Waals surface area contributed by atoms with Crippen molar-refractivity contribution in [3.05, 3.63) is 58.2 Å². The van der Waals surface area contributed by atoms with Crippen LogP contribution in [0.5, 0.6) is 0 Å². The Morgan fingerprint density at radius 3 is 2.16 bits per heavy atom. The van der Waals surface area contributed by atoms with Crippen molar-refractivity contribution in [3.8, 4) is 47.2 Å². The summed E-state index contributed by atoms with van der Waals surface area (Å²) in [5, 5.41) is 35.7. The highest BCUT2D eigenvalue weighted by molar-refractivity contribution is 7.19. The molecule has 0 aromatic carbocycles. The van der Waals surface area contributed by atoms with E-state index in [2.05, 4.69) is 4.57 Å². The molecular weight excluding hydrogens is 422 g/mol. The minimum Gasteiger partial charge on any atom is -0.455 e. The Labute approximate surface area is 187 Å². The van der Waals surface area contributed by atoms with Crippen molar-refractivity contribution in [3.63, 3.8) is 0 Å². The van der Waals surface area contributed by atoms with E-state index in [1.807, 2.05) is 55.5 Å². The van der Waals surface area contributed by atoms with Crippen molar-refractivity contribution >= 4 is 33.8 Å². The van der Waals surface area contributed by atoms with Gasteiger partial charge < -0.3 is 13.4 Å². The van der Waals surface area contributed by atoms with E-state index < -0.39 is 0 Å². The standard InChI is InChI=1S/C24H13N5O2S/c1-2-29-19(21-6-3-17(30-21)7-15(11-25)12-26)4-5-20(29)22-10-24-23(31-22)9-18(32-24)8-16(13-27)14-28/h3-10H,2H2,1H3. The summed E-state index contributed by atoms with van der Waals surface area (Å²) >= 11 is 1.44. The molecule has 0 N–H and O–H groups in total. The highest BCUT2D eigenvalue weighted by atomic mass is 32.1. The maximum absolute atomic E-state index is 8.93. The molecule has 0 amide bonds. The Kier molecular flexibility index (Phi) is 5.47. The highest BCUT2D eigenvalue weighted by Crippen LogP contribution is 2.37. The number of nitriles is 4. The predicted molar refractivity (Wildman–Crippen MR) is 119 cm³/mol. The molecule has 4 aromatic heterocycles. The lowest BCUT2D eigenvalue weighted by molar-refractivity contribution is 0.562. The summed E-state index contributed by atoms with van der Waals surface area (Å²) in [7, 11) is 0. The molecule has 0 spiro atoms. The number of furan rings is 2. The van der Waals surface area contributed by atoms with Crippen LogP contribution in [0.2, 0.25) is 0 Å². The van der Waals surface area contributed by atoms with Crippen molar-refractivity contribution < 1.29 is 8.83 Å². The molecule has 4 rings (SSSR count). The number of aromatic nitrogens is 1. The van der Waals surface area contributed by atoms with E-state index in [-0.39, 0.29) is 11.1 Å². The van der Waals surface area contributed by atoms with Crippen LogP contribution in [0, 0.1) is 45.3 Å². The van der Waals surface area contributed by atoms with Crippen molar-refractivity contribution in [1.29, 1.82) is 21.0 Å². The van der Waals surface area contributed by atoms with Gasteiger partial charge in [-0.25, -0.2) is 0 Å². The summed E-state index contributed by atoms with van der Waals surface area (Å²) in [6, 6.07) is 18.5. The Balaban J connectivity index is 1.69. The average Bonchev–Trinajstić information content (AvgIpc) is 3.57. The Morgan fingerprint density at radius 2 is 1.53 bits per heavy atom. The number of fused-ring (bicyclic) bond motifs is 1. The lowest BCUT2D eigenvalue weighted by Gasteiger charge is -2.08. The molecule has 0 aliphatic rings. The minimum atomic E-state index is -0.0287. The molecule has 7 nitrogen and oxygen atoms in total. The summed E-state index contributed by atoms with van der Waals surface area (Å²) in [5.41, 5.74) is 2.42. The smallest absolute Gasteiger partial charge is 0.152 e. The van der Waals surface area contributed by atoms with Crippen LogP contribution in [-0.4, -0.2) is 4.57 Å². The quantitative estimate of drug-likeness (QED) is 0.348. The first kappa shape index (κ1) is 20.5. The van der Waals surface area contributed by atoms with Gasteiger partial charge in [-0.15, -0.1) is 11.3 Å². The molecule has 0 atom stereocenters. The van der Waals surface area contributed by atoms with Crippen LogP contribution in [0.15, 0.2) is 56.4 Å². The monoisotopic (exact) mass is 435 g/mol. The van der Waals surface area contributed by atoms with Gasteiger partial charge in [-0.1, -0.05) is 0 Å². The fraction of sp³-hybridized carbons (Fsp3) is 0.0833. The van der Waals surface area contributed by atoms with Crippen molar-refractivity contribution in [1.82, 2.24) is 4.57 Å². The topological polar surface area (TPSA) is 126 Å². The van der Waals surface area contributed by atoms with E-state index in [1.165, 1.54) is 17.4 Å². The summed E-state index contributed by atoms with van der Waals surface area (Å²) < 4.78 is 14.8. The minimum absolute atomic E-state index is 0.0287. The summed E-state index contributed by atoms with van der Waals surface area (Å²) in [4.78, 5) is 0.778. The first-order valence-corrected chi connectivity index (χ1v) is 10.3. The van der Waals surface area contributed by atoms with Crippen LogP contribution in [0.4, 0.5) is 0 Å². The number of hydrogen-bond donors (Lipinski definition) is 0. The molecule has 0 radical (unpaired) electrons. The van der Waals surface area contributed by atoms with Crippen LogP contribution >= 0.6 is 11.3 Å². The molecule has 0 saturated heterocycles. The first-order chi connectivity index (χ1) is 15.6. The normalized spacial score (nSPS) is 10.0. The number of allylic oxidation sites excluding steroid dienone is 2. The van der Waals surface area contributed by atoms with Gasteiger partial charge in [-0.2, -0.15) is 21.0 Å². The fourth-order valence-electron chi connectivity index (χ4n) is 3.32. The van der Waals surface area contributed by atoms with E-state index >= 15 is 0 Å². The Bertz CT molecular complexity index is 1500. The van der Waals surface area contributed by atoms with Gasteiger partial charge in [0.05, 0.1) is 16.1 Å². The van der Waals surface area contributed by atoms with Gasteiger partial charge in [-0.3, -0.25) is 0 Å². The van der Waals surface area contributed by atoms with Gasteiger partial charge in [0, 0.05) is 23.6 Å². The van der Waals surface area contributed by atoms with Crippen LogP contribution in [0.25, 0.3) is 45.3 Å². The maximum atomic E-state index is 8.93. The molecular formula is C24H13N5O2S. The van der Waals surface area contributed by atoms with Crippen molar-refractivity contribution in [2.75, 3.05) is 0 Å². The molecule has 0 unspecified atom stereocenters. The average molecular weight is 435 g/mol. The third-order valence-corrected chi connectivity index (χ3v) is 5.72. The van der Waals surface area contributed by atoms with E-state index in [1.54, 1.807) is 18.2 Å². The second kappa shape index (κ2) is 8.54. The van der Waals surface area contributed by atoms with Crippen LogP contribution in [-0.2, 0) is 6.54 Å². The zero-order valence-electron chi connectivity index (χ0n) is 16.8. The van der Waals surface area contributed by atoms with Crippen LogP contribution in [0.3, 0.4) is 0 Å². The lowest BCUT2D eigenvalue weighted by atomic mass is 10.2. The molecule has 0 aliphatic heterocycles. The third kappa shape index (κ3) is 3.71. The molecule has 0 fully saturated rings. The fourth-order valence-corrected chi connectivity index (χ4v) is 4.29. The SMILES string of the molecule is CCn1c(-c2ccc(C=C(C#N)C#N)o2)ccc1-c1cc2sc(C=C(C#N)C#N)cc2o1. The number of nitrogens with zero attached hydrogens (tertiary/aromatic N) is 5. The number of thiophene rings is 1. The molecule has 4 aromatic rings. The van der Waals surface area contributed by atoms with Crippen molar-refractivity contribution in [2.24, 2.45) is 0 Å². The Hall–Kier alpha value is -4.76. The van der Waals surface area contributed by atoms with Gasteiger partial charge in [0.2, 0.25) is 0 Å². The first-order valence-electron chi connectivity index (χ1n) is 9.47. The zero-order chi connectivity index (χ0) is 22.7. The largest absolute Gasteiger partial charge is 0.455 e. The predicted octanol–water partition coefficient (Wildman–Crippen LogP) is 6.10. The van der Waals surface area contributed by atoms with Gasteiger partial charge >= 0.3 is 0 Å². The van der Waals surface area contributed by atoms with Gasteiger partial charge in [0.1, 0.15) is 46.8 Å². The van der Waals surface area contributed by atoms with Gasteiger partial charge in [-0.05, 0) is 43.3 Å². The van der Waals surface area contributed by atoms with Crippen molar-refractivity contribution in [2.45, 2.75) is 13.5 Å². The number of rotatable bonds is 5. The maximum Gasteiger partial charge on any atom is 0.152 e. The van der Waals surface area contributed by atoms with Gasteiger partial charge in [0.15, 0.2) is 11.5 Å². The third-order valence-electron chi connectivity index (χ3n) is 4.71. The van der Waals surface area contributed by atoms with Gasteiger partial charge in [0.25, 0.3) is 0 Å². The second-order valence-corrected chi connectivity index (χ2v) is 7.72. The summed E-state index contributed by atoms with van der Waals surface area (Å²) in [6.07, 6.45) is 2.94. The lowest BCUT2D eigenvalue weighted by Crippen LogP contribution is -1.98.